The Bertz CT molecular complexity index is 776. The zero-order chi connectivity index (χ0) is 18.0. The minimum absolute atomic E-state index is 0.0225. The van der Waals surface area contributed by atoms with Crippen molar-refractivity contribution >= 4 is 29.1 Å². The van der Waals surface area contributed by atoms with Crippen LogP contribution in [0.15, 0.2) is 24.3 Å². The number of nitrogens with zero attached hydrogens (tertiary/aromatic N) is 3. The second-order valence-electron chi connectivity index (χ2n) is 6.18. The summed E-state index contributed by atoms with van der Waals surface area (Å²) in [5.74, 6) is -0.0225. The number of hydrogen-bond acceptors (Lipinski definition) is 3. The van der Waals surface area contributed by atoms with Crippen LogP contribution in [0.3, 0.4) is 0 Å². The van der Waals surface area contributed by atoms with E-state index in [4.69, 9.17) is 27.9 Å². The van der Waals surface area contributed by atoms with Crippen LogP contribution in [0.25, 0.3) is 0 Å². The van der Waals surface area contributed by atoms with Crippen LogP contribution in [0.5, 0.6) is 0 Å². The second kappa shape index (κ2) is 7.77. The van der Waals surface area contributed by atoms with Crippen LogP contribution in [0.2, 0.25) is 10.0 Å². The maximum atomic E-state index is 12.9. The summed E-state index contributed by atoms with van der Waals surface area (Å²) in [6, 6.07) is 7.32. The summed E-state index contributed by atoms with van der Waals surface area (Å²) in [4.78, 5) is 14.7. The molecule has 1 aromatic heterocycles. The lowest BCUT2D eigenvalue weighted by Gasteiger charge is -2.33. The summed E-state index contributed by atoms with van der Waals surface area (Å²) in [6.07, 6.45) is 1.66. The van der Waals surface area contributed by atoms with Gasteiger partial charge in [-0.15, -0.1) is 0 Å². The molecule has 1 unspecified atom stereocenters. The summed E-state index contributed by atoms with van der Waals surface area (Å²) in [5.41, 5.74) is 2.48. The molecule has 2 heterocycles. The molecule has 3 rings (SSSR count). The Kier molecular flexibility index (Phi) is 5.67. The number of halogens is 2. The molecule has 25 heavy (non-hydrogen) atoms. The Morgan fingerprint density at radius 2 is 2.12 bits per heavy atom. The van der Waals surface area contributed by atoms with Crippen molar-refractivity contribution in [3.8, 4) is 0 Å². The Morgan fingerprint density at radius 1 is 1.32 bits per heavy atom. The van der Waals surface area contributed by atoms with Crippen LogP contribution < -0.4 is 0 Å². The third kappa shape index (κ3) is 4.00. The van der Waals surface area contributed by atoms with Crippen LogP contribution in [0, 0.1) is 0 Å². The minimum atomic E-state index is -0.212. The lowest BCUT2D eigenvalue weighted by atomic mass is 10.1. The third-order valence-corrected chi connectivity index (χ3v) is 5.06. The monoisotopic (exact) mass is 381 g/mol. The van der Waals surface area contributed by atoms with E-state index in [0.29, 0.717) is 35.4 Å². The number of morpholine rings is 1. The van der Waals surface area contributed by atoms with E-state index in [0.717, 1.165) is 24.1 Å². The van der Waals surface area contributed by atoms with E-state index in [1.165, 1.54) is 0 Å². The first kappa shape index (κ1) is 18.2. The first-order chi connectivity index (χ1) is 12.0. The number of amides is 1. The van der Waals surface area contributed by atoms with Crippen molar-refractivity contribution in [1.29, 1.82) is 0 Å². The molecule has 1 saturated heterocycles. The van der Waals surface area contributed by atoms with Gasteiger partial charge in [0.25, 0.3) is 5.91 Å². The smallest absolute Gasteiger partial charge is 0.272 e. The van der Waals surface area contributed by atoms with E-state index in [1.807, 2.05) is 24.1 Å². The molecule has 1 amide bonds. The molecule has 0 radical (unpaired) electrons. The summed E-state index contributed by atoms with van der Waals surface area (Å²) in [6.45, 7) is 3.62. The molecule has 1 aliphatic heterocycles. The van der Waals surface area contributed by atoms with E-state index in [1.54, 1.807) is 16.8 Å². The molecular formula is C18H21Cl2N3O2. The average Bonchev–Trinajstić information content (AvgIpc) is 2.97. The topological polar surface area (TPSA) is 47.4 Å². The first-order valence-electron chi connectivity index (χ1n) is 8.38. The molecule has 1 atom stereocenters. The van der Waals surface area contributed by atoms with Gasteiger partial charge in [-0.05, 0) is 30.2 Å². The van der Waals surface area contributed by atoms with Gasteiger partial charge >= 0.3 is 0 Å². The van der Waals surface area contributed by atoms with E-state index < -0.39 is 0 Å². The van der Waals surface area contributed by atoms with Gasteiger partial charge in [-0.1, -0.05) is 42.6 Å². The number of ether oxygens (including phenoxy) is 1. The van der Waals surface area contributed by atoms with Gasteiger partial charge in [-0.25, -0.2) is 0 Å². The van der Waals surface area contributed by atoms with Crippen LogP contribution in [-0.4, -0.2) is 40.3 Å². The summed E-state index contributed by atoms with van der Waals surface area (Å²) in [5, 5.41) is 5.42. The van der Waals surface area contributed by atoms with Crippen molar-refractivity contribution in [2.45, 2.75) is 25.9 Å². The van der Waals surface area contributed by atoms with Gasteiger partial charge in [0, 0.05) is 13.6 Å². The second-order valence-corrected chi connectivity index (χ2v) is 6.99. The fourth-order valence-electron chi connectivity index (χ4n) is 3.02. The Balaban J connectivity index is 1.76. The Hall–Kier alpha value is -1.56. The van der Waals surface area contributed by atoms with Crippen molar-refractivity contribution in [2.75, 3.05) is 19.7 Å². The van der Waals surface area contributed by atoms with Gasteiger partial charge in [-0.3, -0.25) is 9.48 Å². The SMILES string of the molecule is CCCc1cc(C(=O)N2CCOC(c3ccc(Cl)c(Cl)c3)C2)n(C)n1. The highest BCUT2D eigenvalue weighted by Gasteiger charge is 2.28. The van der Waals surface area contributed by atoms with E-state index >= 15 is 0 Å². The molecule has 2 aromatic rings. The highest BCUT2D eigenvalue weighted by molar-refractivity contribution is 6.42. The molecule has 0 spiro atoms. The molecular weight excluding hydrogens is 361 g/mol. The number of hydrogen-bond donors (Lipinski definition) is 0. The number of aryl methyl sites for hydroxylation is 2. The molecule has 1 aromatic carbocycles. The zero-order valence-electron chi connectivity index (χ0n) is 14.3. The summed E-state index contributed by atoms with van der Waals surface area (Å²) >= 11 is 12.1. The number of aromatic nitrogens is 2. The van der Waals surface area contributed by atoms with Crippen molar-refractivity contribution in [1.82, 2.24) is 14.7 Å². The standard InChI is InChI=1S/C18H21Cl2N3O2/c1-3-4-13-10-16(22(2)21-13)18(24)23-7-8-25-17(11-23)12-5-6-14(19)15(20)9-12/h5-6,9-10,17H,3-4,7-8,11H2,1-2H3. The molecule has 0 saturated carbocycles. The molecule has 0 aliphatic carbocycles. The van der Waals surface area contributed by atoms with Gasteiger partial charge in [0.1, 0.15) is 11.8 Å². The molecule has 5 nitrogen and oxygen atoms in total. The van der Waals surface area contributed by atoms with Gasteiger partial charge in [0.05, 0.1) is 28.9 Å². The van der Waals surface area contributed by atoms with Crippen molar-refractivity contribution in [3.63, 3.8) is 0 Å². The van der Waals surface area contributed by atoms with Gasteiger partial charge < -0.3 is 9.64 Å². The predicted octanol–water partition coefficient (Wildman–Crippen LogP) is 3.89. The van der Waals surface area contributed by atoms with Gasteiger partial charge in [0.15, 0.2) is 0 Å². The van der Waals surface area contributed by atoms with Crippen LogP contribution in [-0.2, 0) is 18.2 Å². The van der Waals surface area contributed by atoms with Gasteiger partial charge in [0.2, 0.25) is 0 Å². The lowest BCUT2D eigenvalue weighted by molar-refractivity contribution is -0.0231. The van der Waals surface area contributed by atoms with Crippen LogP contribution in [0.1, 0.15) is 41.2 Å². The maximum absolute atomic E-state index is 12.9. The Morgan fingerprint density at radius 3 is 2.84 bits per heavy atom. The quantitative estimate of drug-likeness (QED) is 0.806. The largest absolute Gasteiger partial charge is 0.370 e. The molecule has 0 bridgehead atoms. The van der Waals surface area contributed by atoms with Crippen molar-refractivity contribution < 1.29 is 9.53 Å². The van der Waals surface area contributed by atoms with Crippen LogP contribution in [0.4, 0.5) is 0 Å². The lowest BCUT2D eigenvalue weighted by Crippen LogP contribution is -2.42. The molecule has 1 fully saturated rings. The predicted molar refractivity (Wildman–Crippen MR) is 98.3 cm³/mol. The average molecular weight is 382 g/mol. The molecule has 7 heteroatoms. The fourth-order valence-corrected chi connectivity index (χ4v) is 3.32. The highest BCUT2D eigenvalue weighted by atomic mass is 35.5. The molecule has 1 aliphatic rings. The summed E-state index contributed by atoms with van der Waals surface area (Å²) < 4.78 is 7.49. The van der Waals surface area contributed by atoms with Crippen molar-refractivity contribution in [3.05, 3.63) is 51.3 Å². The number of rotatable bonds is 4. The number of benzene rings is 1. The minimum Gasteiger partial charge on any atom is -0.370 e. The van der Waals surface area contributed by atoms with Crippen molar-refractivity contribution in [2.24, 2.45) is 7.05 Å². The van der Waals surface area contributed by atoms with Gasteiger partial charge in [-0.2, -0.15) is 5.10 Å². The highest BCUT2D eigenvalue weighted by Crippen LogP contribution is 2.29. The zero-order valence-corrected chi connectivity index (χ0v) is 15.8. The first-order valence-corrected chi connectivity index (χ1v) is 9.14. The van der Waals surface area contributed by atoms with E-state index in [9.17, 15) is 4.79 Å². The van der Waals surface area contributed by atoms with Crippen LogP contribution >= 0.6 is 23.2 Å². The third-order valence-electron chi connectivity index (χ3n) is 4.32. The van der Waals surface area contributed by atoms with E-state index in [-0.39, 0.29) is 12.0 Å². The Labute approximate surface area is 157 Å². The van der Waals surface area contributed by atoms with E-state index in [2.05, 4.69) is 12.0 Å². The molecule has 0 N–H and O–H groups in total. The number of carbonyl (C=O) groups excluding carboxylic acids is 1. The fraction of sp³-hybridized carbons (Fsp3) is 0.444. The normalized spacial score (nSPS) is 17.8. The summed E-state index contributed by atoms with van der Waals surface area (Å²) in [7, 11) is 1.81. The molecule has 134 valence electrons. The maximum Gasteiger partial charge on any atom is 0.272 e. The number of carbonyl (C=O) groups is 1.